The molecule has 0 saturated heterocycles. The standard InChI is InChI=1S/C14H23N3S.HI/c1-11-5-7-12(8-6-11)18-10-9-16-13(15)17-14(2,3)4;/h5-8H,9-10H2,1-4H3,(H3,15,16,17);1H. The van der Waals surface area contributed by atoms with Gasteiger partial charge in [0.15, 0.2) is 5.96 Å². The molecule has 1 rings (SSSR count). The summed E-state index contributed by atoms with van der Waals surface area (Å²) in [6, 6.07) is 8.53. The summed E-state index contributed by atoms with van der Waals surface area (Å²) < 4.78 is 0. The first-order valence-electron chi connectivity index (χ1n) is 6.14. The monoisotopic (exact) mass is 393 g/mol. The Kier molecular flexibility index (Phi) is 8.49. The smallest absolute Gasteiger partial charge is 0.189 e. The van der Waals surface area contributed by atoms with Crippen LogP contribution in [0.3, 0.4) is 0 Å². The fourth-order valence-corrected chi connectivity index (χ4v) is 2.13. The molecule has 0 fully saturated rings. The van der Waals surface area contributed by atoms with Crippen LogP contribution in [0.1, 0.15) is 26.3 Å². The van der Waals surface area contributed by atoms with Gasteiger partial charge in [-0.1, -0.05) is 17.7 Å². The number of rotatable bonds is 4. The van der Waals surface area contributed by atoms with Gasteiger partial charge in [-0.05, 0) is 39.8 Å². The second-order valence-corrected chi connectivity index (χ2v) is 6.47. The minimum absolute atomic E-state index is 0. The number of benzene rings is 1. The van der Waals surface area contributed by atoms with Gasteiger partial charge in [-0.25, -0.2) is 0 Å². The molecule has 0 saturated carbocycles. The van der Waals surface area contributed by atoms with Crippen LogP contribution in [0.15, 0.2) is 34.2 Å². The maximum Gasteiger partial charge on any atom is 0.189 e. The van der Waals surface area contributed by atoms with E-state index in [2.05, 4.69) is 62.3 Å². The van der Waals surface area contributed by atoms with Gasteiger partial charge in [0.2, 0.25) is 0 Å². The number of nitrogens with one attached hydrogen (secondary N) is 1. The van der Waals surface area contributed by atoms with Crippen LogP contribution in [0.2, 0.25) is 0 Å². The zero-order chi connectivity index (χ0) is 13.6. The molecule has 0 radical (unpaired) electrons. The molecular weight excluding hydrogens is 369 g/mol. The zero-order valence-electron chi connectivity index (χ0n) is 12.1. The number of hydrogen-bond acceptors (Lipinski definition) is 2. The summed E-state index contributed by atoms with van der Waals surface area (Å²) in [6.45, 7) is 9.02. The van der Waals surface area contributed by atoms with E-state index >= 15 is 0 Å². The lowest BCUT2D eigenvalue weighted by molar-refractivity contribution is 0.508. The number of aliphatic imine (C=N–C) groups is 1. The van der Waals surface area contributed by atoms with Gasteiger partial charge >= 0.3 is 0 Å². The first kappa shape index (κ1) is 18.6. The third-order valence-corrected chi connectivity index (χ3v) is 3.16. The molecule has 0 aliphatic heterocycles. The van der Waals surface area contributed by atoms with E-state index in [4.69, 9.17) is 5.73 Å². The Balaban J connectivity index is 0.00000324. The molecule has 0 spiro atoms. The number of nitrogens with zero attached hydrogens (tertiary/aromatic N) is 1. The van der Waals surface area contributed by atoms with Crippen molar-refractivity contribution in [2.75, 3.05) is 12.3 Å². The molecule has 0 bridgehead atoms. The van der Waals surface area contributed by atoms with Crippen LogP contribution in [0.4, 0.5) is 0 Å². The summed E-state index contributed by atoms with van der Waals surface area (Å²) in [6.07, 6.45) is 0. The number of thioether (sulfide) groups is 1. The third-order valence-electron chi connectivity index (χ3n) is 2.17. The molecule has 0 amide bonds. The van der Waals surface area contributed by atoms with Crippen molar-refractivity contribution in [3.05, 3.63) is 29.8 Å². The molecule has 108 valence electrons. The predicted octanol–water partition coefficient (Wildman–Crippen LogP) is 3.41. The quantitative estimate of drug-likeness (QED) is 0.271. The summed E-state index contributed by atoms with van der Waals surface area (Å²) in [7, 11) is 0. The average molecular weight is 393 g/mol. The summed E-state index contributed by atoms with van der Waals surface area (Å²) in [5.74, 6) is 1.46. The first-order valence-corrected chi connectivity index (χ1v) is 7.13. The summed E-state index contributed by atoms with van der Waals surface area (Å²) >= 11 is 1.80. The third kappa shape index (κ3) is 9.15. The van der Waals surface area contributed by atoms with Gasteiger partial charge in [0, 0.05) is 16.2 Å². The van der Waals surface area contributed by atoms with Crippen molar-refractivity contribution < 1.29 is 0 Å². The summed E-state index contributed by atoms with van der Waals surface area (Å²) in [4.78, 5) is 5.58. The normalized spacial score (nSPS) is 11.9. The molecule has 0 atom stereocenters. The van der Waals surface area contributed by atoms with Crippen molar-refractivity contribution in [1.82, 2.24) is 5.32 Å². The van der Waals surface area contributed by atoms with E-state index in [0.717, 1.165) is 12.3 Å². The van der Waals surface area contributed by atoms with Crippen molar-refractivity contribution in [3.8, 4) is 0 Å². The number of aryl methyl sites for hydroxylation is 1. The topological polar surface area (TPSA) is 50.4 Å². The van der Waals surface area contributed by atoms with Gasteiger partial charge in [0.1, 0.15) is 0 Å². The second-order valence-electron chi connectivity index (χ2n) is 5.30. The van der Waals surface area contributed by atoms with E-state index in [1.807, 2.05) is 0 Å². The van der Waals surface area contributed by atoms with Crippen molar-refractivity contribution in [2.45, 2.75) is 38.1 Å². The minimum atomic E-state index is -0.0301. The van der Waals surface area contributed by atoms with Gasteiger partial charge in [0.05, 0.1) is 6.54 Å². The molecule has 1 aromatic carbocycles. The van der Waals surface area contributed by atoms with E-state index < -0.39 is 0 Å². The fourth-order valence-electron chi connectivity index (χ4n) is 1.39. The van der Waals surface area contributed by atoms with Crippen molar-refractivity contribution in [1.29, 1.82) is 0 Å². The Morgan fingerprint density at radius 2 is 1.84 bits per heavy atom. The van der Waals surface area contributed by atoms with Gasteiger partial charge in [-0.15, -0.1) is 35.7 Å². The van der Waals surface area contributed by atoms with Crippen molar-refractivity contribution in [2.24, 2.45) is 10.7 Å². The molecule has 0 unspecified atom stereocenters. The molecule has 3 N–H and O–H groups in total. The van der Waals surface area contributed by atoms with Crippen LogP contribution in [-0.4, -0.2) is 23.8 Å². The highest BCUT2D eigenvalue weighted by Crippen LogP contribution is 2.17. The molecule has 0 aliphatic carbocycles. The maximum absolute atomic E-state index is 5.79. The zero-order valence-corrected chi connectivity index (χ0v) is 15.2. The van der Waals surface area contributed by atoms with Gasteiger partial charge < -0.3 is 11.1 Å². The van der Waals surface area contributed by atoms with Crippen LogP contribution in [0.5, 0.6) is 0 Å². The highest BCUT2D eigenvalue weighted by molar-refractivity contribution is 14.0. The fraction of sp³-hybridized carbons (Fsp3) is 0.500. The molecule has 1 aromatic rings. The Labute approximate surface area is 137 Å². The molecule has 3 nitrogen and oxygen atoms in total. The van der Waals surface area contributed by atoms with E-state index in [9.17, 15) is 0 Å². The molecule has 0 aromatic heterocycles. The SMILES string of the molecule is Cc1ccc(SCCN=C(N)NC(C)(C)C)cc1.I. The van der Waals surface area contributed by atoms with Crippen LogP contribution in [0, 0.1) is 6.92 Å². The van der Waals surface area contributed by atoms with E-state index in [1.54, 1.807) is 11.8 Å². The Hall–Kier alpha value is -0.430. The average Bonchev–Trinajstić information content (AvgIpc) is 2.24. The maximum atomic E-state index is 5.79. The number of halogens is 1. The Bertz CT molecular complexity index is 396. The van der Waals surface area contributed by atoms with Crippen LogP contribution < -0.4 is 11.1 Å². The summed E-state index contributed by atoms with van der Waals surface area (Å²) in [5.41, 5.74) is 7.05. The number of guanidine groups is 1. The first-order chi connectivity index (χ1) is 8.37. The van der Waals surface area contributed by atoms with Gasteiger partial charge in [-0.3, -0.25) is 4.99 Å². The van der Waals surface area contributed by atoms with Gasteiger partial charge in [0.25, 0.3) is 0 Å². The van der Waals surface area contributed by atoms with E-state index in [0.29, 0.717) is 5.96 Å². The van der Waals surface area contributed by atoms with E-state index in [1.165, 1.54) is 10.5 Å². The molecular formula is C14H24IN3S. The van der Waals surface area contributed by atoms with Gasteiger partial charge in [-0.2, -0.15) is 0 Å². The highest BCUT2D eigenvalue weighted by atomic mass is 127. The van der Waals surface area contributed by atoms with Crippen LogP contribution in [-0.2, 0) is 0 Å². The van der Waals surface area contributed by atoms with Crippen LogP contribution in [0.25, 0.3) is 0 Å². The Morgan fingerprint density at radius 1 is 1.26 bits per heavy atom. The lowest BCUT2D eigenvalue weighted by Gasteiger charge is -2.20. The minimum Gasteiger partial charge on any atom is -0.370 e. The number of nitrogens with two attached hydrogens (primary N) is 1. The van der Waals surface area contributed by atoms with Crippen LogP contribution >= 0.6 is 35.7 Å². The lowest BCUT2D eigenvalue weighted by Crippen LogP contribution is -2.45. The molecule has 0 heterocycles. The molecule has 5 heteroatoms. The van der Waals surface area contributed by atoms with Crippen molar-refractivity contribution in [3.63, 3.8) is 0 Å². The summed E-state index contributed by atoms with van der Waals surface area (Å²) in [5, 5.41) is 3.14. The second kappa shape index (κ2) is 8.68. The molecule has 19 heavy (non-hydrogen) atoms. The van der Waals surface area contributed by atoms with Crippen molar-refractivity contribution >= 4 is 41.7 Å². The Morgan fingerprint density at radius 3 is 2.37 bits per heavy atom. The lowest BCUT2D eigenvalue weighted by atomic mass is 10.1. The number of hydrogen-bond donors (Lipinski definition) is 2. The highest BCUT2D eigenvalue weighted by Gasteiger charge is 2.09. The molecule has 0 aliphatic rings. The largest absolute Gasteiger partial charge is 0.370 e. The van der Waals surface area contributed by atoms with E-state index in [-0.39, 0.29) is 29.5 Å². The predicted molar refractivity (Wildman–Crippen MR) is 96.7 cm³/mol.